The molecule has 0 radical (unpaired) electrons. The van der Waals surface area contributed by atoms with Crippen LogP contribution in [0.2, 0.25) is 0 Å². The molecule has 1 aromatic carbocycles. The molecule has 0 saturated carbocycles. The number of rotatable bonds is 3. The molecular weight excluding hydrogens is 204 g/mol. The highest BCUT2D eigenvalue weighted by atomic mass is 16.5. The van der Waals surface area contributed by atoms with Crippen LogP contribution < -0.4 is 5.76 Å². The third kappa shape index (κ3) is 1.72. The van der Waals surface area contributed by atoms with Crippen molar-refractivity contribution in [3.8, 4) is 11.4 Å². The summed E-state index contributed by atoms with van der Waals surface area (Å²) in [4.78, 5) is 13.4. The van der Waals surface area contributed by atoms with Crippen molar-refractivity contribution >= 4 is 5.57 Å². The van der Waals surface area contributed by atoms with E-state index in [1.807, 2.05) is 24.3 Å². The minimum Gasteiger partial charge on any atom is -0.296 e. The molecule has 4 nitrogen and oxygen atoms in total. The minimum atomic E-state index is -0.575. The largest absolute Gasteiger partial charge is 0.439 e. The molecule has 1 heterocycles. The van der Waals surface area contributed by atoms with Gasteiger partial charge in [0.1, 0.15) is 0 Å². The van der Waals surface area contributed by atoms with Gasteiger partial charge in [-0.15, -0.1) is 0 Å². The van der Waals surface area contributed by atoms with Gasteiger partial charge in [-0.2, -0.15) is 0 Å². The third-order valence-electron chi connectivity index (χ3n) is 2.21. The van der Waals surface area contributed by atoms with Crippen LogP contribution in [0, 0.1) is 0 Å². The predicted molar refractivity (Wildman–Crippen MR) is 61.8 cm³/mol. The van der Waals surface area contributed by atoms with Crippen LogP contribution in [0.5, 0.6) is 0 Å². The average molecular weight is 214 g/mol. The number of nitrogens with one attached hydrogen (secondary N) is 1. The summed E-state index contributed by atoms with van der Waals surface area (Å²) >= 11 is 0. The first-order valence-electron chi connectivity index (χ1n) is 4.69. The zero-order valence-electron chi connectivity index (χ0n) is 8.56. The van der Waals surface area contributed by atoms with Gasteiger partial charge < -0.3 is 0 Å². The molecule has 0 fully saturated rings. The number of benzene rings is 1. The van der Waals surface area contributed by atoms with E-state index in [1.165, 1.54) is 0 Å². The molecule has 4 heteroatoms. The SMILES string of the molecule is C=CC(=C)c1ccccc1-c1noc(=O)[nH]1. The van der Waals surface area contributed by atoms with Gasteiger partial charge in [0.2, 0.25) is 0 Å². The van der Waals surface area contributed by atoms with Crippen molar-refractivity contribution in [3.63, 3.8) is 0 Å². The number of nitrogens with zero attached hydrogens (tertiary/aromatic N) is 1. The molecular formula is C12H10N2O2. The van der Waals surface area contributed by atoms with E-state index in [2.05, 4.69) is 27.8 Å². The first-order chi connectivity index (χ1) is 7.72. The summed E-state index contributed by atoms with van der Waals surface area (Å²) in [7, 11) is 0. The summed E-state index contributed by atoms with van der Waals surface area (Å²) in [6, 6.07) is 7.44. The highest BCUT2D eigenvalue weighted by molar-refractivity contribution is 5.81. The first-order valence-corrected chi connectivity index (χ1v) is 4.69. The topological polar surface area (TPSA) is 58.9 Å². The van der Waals surface area contributed by atoms with Gasteiger partial charge in [-0.05, 0) is 11.1 Å². The Morgan fingerprint density at radius 2 is 2.19 bits per heavy atom. The number of aromatic amines is 1. The Balaban J connectivity index is 2.60. The summed E-state index contributed by atoms with van der Waals surface area (Å²) in [6.07, 6.45) is 1.65. The van der Waals surface area contributed by atoms with E-state index in [4.69, 9.17) is 0 Å². The van der Waals surface area contributed by atoms with Crippen molar-refractivity contribution in [2.24, 2.45) is 0 Å². The summed E-state index contributed by atoms with van der Waals surface area (Å²) in [5, 5.41) is 3.64. The van der Waals surface area contributed by atoms with E-state index < -0.39 is 5.76 Å². The maximum Gasteiger partial charge on any atom is 0.439 e. The maximum absolute atomic E-state index is 10.9. The van der Waals surface area contributed by atoms with Crippen molar-refractivity contribution in [3.05, 3.63) is 59.6 Å². The van der Waals surface area contributed by atoms with Gasteiger partial charge in [-0.1, -0.05) is 48.7 Å². The zero-order valence-corrected chi connectivity index (χ0v) is 8.56. The Hall–Kier alpha value is -2.36. The third-order valence-corrected chi connectivity index (χ3v) is 2.21. The number of hydrogen-bond donors (Lipinski definition) is 1. The normalized spacial score (nSPS) is 10.0. The van der Waals surface area contributed by atoms with Crippen LogP contribution in [-0.4, -0.2) is 10.1 Å². The second-order valence-electron chi connectivity index (χ2n) is 3.22. The highest BCUT2D eigenvalue weighted by Gasteiger charge is 2.09. The van der Waals surface area contributed by atoms with Crippen LogP contribution in [0.3, 0.4) is 0 Å². The zero-order chi connectivity index (χ0) is 11.5. The van der Waals surface area contributed by atoms with E-state index in [0.29, 0.717) is 5.82 Å². The minimum absolute atomic E-state index is 0.392. The van der Waals surface area contributed by atoms with E-state index in [-0.39, 0.29) is 0 Å². The second-order valence-corrected chi connectivity index (χ2v) is 3.22. The molecule has 0 bridgehead atoms. The lowest BCUT2D eigenvalue weighted by atomic mass is 10.0. The lowest BCUT2D eigenvalue weighted by molar-refractivity contribution is 0.388. The molecule has 80 valence electrons. The fourth-order valence-electron chi connectivity index (χ4n) is 1.43. The molecule has 0 saturated heterocycles. The van der Waals surface area contributed by atoms with Gasteiger partial charge in [-0.3, -0.25) is 9.51 Å². The Morgan fingerprint density at radius 3 is 2.81 bits per heavy atom. The highest BCUT2D eigenvalue weighted by Crippen LogP contribution is 2.25. The van der Waals surface area contributed by atoms with Crippen LogP contribution in [0.4, 0.5) is 0 Å². The number of aromatic nitrogens is 2. The van der Waals surface area contributed by atoms with Crippen molar-refractivity contribution < 1.29 is 4.52 Å². The number of hydrogen-bond acceptors (Lipinski definition) is 3. The smallest absolute Gasteiger partial charge is 0.296 e. The van der Waals surface area contributed by atoms with Gasteiger partial charge in [0, 0.05) is 5.56 Å². The molecule has 2 aromatic rings. The lowest BCUT2D eigenvalue weighted by Crippen LogP contribution is -1.96. The maximum atomic E-state index is 10.9. The fraction of sp³-hybridized carbons (Fsp3) is 0. The molecule has 0 unspecified atom stereocenters. The van der Waals surface area contributed by atoms with Crippen LogP contribution in [0.1, 0.15) is 5.56 Å². The Labute approximate surface area is 91.9 Å². The predicted octanol–water partition coefficient (Wildman–Crippen LogP) is 2.23. The summed E-state index contributed by atoms with van der Waals surface area (Å²) < 4.78 is 4.47. The molecule has 0 aliphatic heterocycles. The monoisotopic (exact) mass is 214 g/mol. The molecule has 2 rings (SSSR count). The Bertz CT molecular complexity index is 593. The average Bonchev–Trinajstić information content (AvgIpc) is 2.75. The molecule has 0 aliphatic carbocycles. The van der Waals surface area contributed by atoms with Gasteiger partial charge in [-0.25, -0.2) is 4.79 Å². The quantitative estimate of drug-likeness (QED) is 0.797. The van der Waals surface area contributed by atoms with Crippen LogP contribution in [0.15, 0.2) is 52.8 Å². The molecule has 16 heavy (non-hydrogen) atoms. The number of H-pyrrole nitrogens is 1. The van der Waals surface area contributed by atoms with Crippen LogP contribution in [-0.2, 0) is 0 Å². The summed E-state index contributed by atoms with van der Waals surface area (Å²) in [5.41, 5.74) is 2.39. The van der Waals surface area contributed by atoms with Crippen molar-refractivity contribution in [1.29, 1.82) is 0 Å². The molecule has 1 aromatic heterocycles. The second kappa shape index (κ2) is 4.02. The van der Waals surface area contributed by atoms with Crippen LogP contribution >= 0.6 is 0 Å². The van der Waals surface area contributed by atoms with Gasteiger partial charge in [0.25, 0.3) is 0 Å². The van der Waals surface area contributed by atoms with Crippen molar-refractivity contribution in [2.75, 3.05) is 0 Å². The molecule has 0 spiro atoms. The van der Waals surface area contributed by atoms with Gasteiger partial charge in [0.15, 0.2) is 5.82 Å². The van der Waals surface area contributed by atoms with Gasteiger partial charge >= 0.3 is 5.76 Å². The Kier molecular flexibility index (Phi) is 2.55. The lowest BCUT2D eigenvalue weighted by Gasteiger charge is -2.05. The van der Waals surface area contributed by atoms with E-state index in [1.54, 1.807) is 6.08 Å². The van der Waals surface area contributed by atoms with E-state index in [0.717, 1.165) is 16.7 Å². The molecule has 1 N–H and O–H groups in total. The molecule has 0 amide bonds. The molecule has 0 atom stereocenters. The Morgan fingerprint density at radius 1 is 1.44 bits per heavy atom. The fourth-order valence-corrected chi connectivity index (χ4v) is 1.43. The summed E-state index contributed by atoms with van der Waals surface area (Å²) in [5.74, 6) is -0.183. The van der Waals surface area contributed by atoms with E-state index >= 15 is 0 Å². The van der Waals surface area contributed by atoms with Gasteiger partial charge in [0.05, 0.1) is 0 Å². The first kappa shape index (κ1) is 10.2. The van der Waals surface area contributed by atoms with Crippen LogP contribution in [0.25, 0.3) is 17.0 Å². The van der Waals surface area contributed by atoms with Crippen molar-refractivity contribution in [1.82, 2.24) is 10.1 Å². The standard InChI is InChI=1S/C12H10N2O2/c1-3-8(2)9-6-4-5-7-10(9)11-13-12(15)16-14-11/h3-7H,1-2H2,(H,13,14,15). The molecule has 0 aliphatic rings. The number of allylic oxidation sites excluding steroid dienone is 2. The van der Waals surface area contributed by atoms with Crippen molar-refractivity contribution in [2.45, 2.75) is 0 Å². The summed E-state index contributed by atoms with van der Waals surface area (Å²) in [6.45, 7) is 7.53. The van der Waals surface area contributed by atoms with E-state index in [9.17, 15) is 4.79 Å².